The second kappa shape index (κ2) is 4.97. The summed E-state index contributed by atoms with van der Waals surface area (Å²) in [7, 11) is 1.59. The Morgan fingerprint density at radius 1 is 1.29 bits per heavy atom. The van der Waals surface area contributed by atoms with Crippen LogP contribution in [-0.4, -0.2) is 17.3 Å². The average Bonchev–Trinajstić information content (AvgIpc) is 2.39. The van der Waals surface area contributed by atoms with Crippen molar-refractivity contribution in [1.82, 2.24) is 10.2 Å². The number of hydrogen-bond acceptors (Lipinski definition) is 4. The summed E-state index contributed by atoms with van der Waals surface area (Å²) >= 11 is 5.53. The maximum atomic E-state index is 11.5. The number of aromatic nitrogens is 3. The highest BCUT2D eigenvalue weighted by Crippen LogP contribution is 2.18. The molecule has 0 unspecified atom stereocenters. The fourth-order valence-corrected chi connectivity index (χ4v) is 1.52. The minimum absolute atomic E-state index is 0.0411. The Bertz CT molecular complexity index is 517. The van der Waals surface area contributed by atoms with Crippen molar-refractivity contribution in [2.75, 3.05) is 7.11 Å². The quantitative estimate of drug-likeness (QED) is 0.471. The zero-order chi connectivity index (χ0) is 12.3. The van der Waals surface area contributed by atoms with E-state index >= 15 is 0 Å². The van der Waals surface area contributed by atoms with Crippen molar-refractivity contribution in [3.63, 3.8) is 0 Å². The number of ether oxygens (including phenoxy) is 1. The Kier molecular flexibility index (Phi) is 3.39. The van der Waals surface area contributed by atoms with Gasteiger partial charge in [0.1, 0.15) is 17.8 Å². The molecule has 1 aromatic carbocycles. The molecule has 0 spiro atoms. The van der Waals surface area contributed by atoms with Crippen molar-refractivity contribution >= 4 is 11.6 Å². The molecular formula is C11H10ClN3O2. The van der Waals surface area contributed by atoms with Crippen LogP contribution in [0.2, 0.25) is 0 Å². The molecule has 0 radical (unpaired) electrons. The Labute approximate surface area is 103 Å². The highest BCUT2D eigenvalue weighted by atomic mass is 35.5. The van der Waals surface area contributed by atoms with E-state index in [1.165, 1.54) is 6.20 Å². The smallest absolute Gasteiger partial charge is 0.344 e. The van der Waals surface area contributed by atoms with E-state index in [-0.39, 0.29) is 11.7 Å². The third-order valence-corrected chi connectivity index (χ3v) is 2.51. The first-order valence-electron chi connectivity index (χ1n) is 4.90. The largest absolute Gasteiger partial charge is 0.711 e. The SMILES string of the molecule is COc1ccc(-c2c[n+]([O-])c(CCl)nn2)cc1. The van der Waals surface area contributed by atoms with Crippen LogP contribution in [0.3, 0.4) is 0 Å². The molecule has 0 aliphatic rings. The minimum atomic E-state index is 0.0411. The van der Waals surface area contributed by atoms with E-state index < -0.39 is 0 Å². The van der Waals surface area contributed by atoms with Gasteiger partial charge in [0.25, 0.3) is 0 Å². The Morgan fingerprint density at radius 2 is 2.00 bits per heavy atom. The normalized spacial score (nSPS) is 10.2. The molecule has 0 fully saturated rings. The number of nitrogens with zero attached hydrogens (tertiary/aromatic N) is 3. The van der Waals surface area contributed by atoms with E-state index in [9.17, 15) is 5.21 Å². The van der Waals surface area contributed by atoms with Crippen LogP contribution in [0, 0.1) is 5.21 Å². The van der Waals surface area contributed by atoms with Gasteiger partial charge in [-0.3, -0.25) is 0 Å². The summed E-state index contributed by atoms with van der Waals surface area (Å²) in [4.78, 5) is 0. The van der Waals surface area contributed by atoms with Gasteiger partial charge in [0.2, 0.25) is 0 Å². The van der Waals surface area contributed by atoms with E-state index in [4.69, 9.17) is 16.3 Å². The van der Waals surface area contributed by atoms with Gasteiger partial charge in [-0.05, 0) is 29.4 Å². The standard InChI is InChI=1S/C11H10ClN3O2/c1-17-9-4-2-8(3-5-9)10-7-15(16)11(6-12)14-13-10/h2-5,7H,6H2,1H3. The number of rotatable bonds is 3. The number of benzene rings is 1. The number of halogens is 1. The average molecular weight is 252 g/mol. The molecule has 0 atom stereocenters. The topological polar surface area (TPSA) is 62.0 Å². The fourth-order valence-electron chi connectivity index (χ4n) is 1.35. The number of methoxy groups -OCH3 is 1. The second-order valence-electron chi connectivity index (χ2n) is 3.32. The number of alkyl halides is 1. The summed E-state index contributed by atoms with van der Waals surface area (Å²) in [6.45, 7) is 0. The zero-order valence-electron chi connectivity index (χ0n) is 9.13. The van der Waals surface area contributed by atoms with Crippen LogP contribution in [-0.2, 0) is 5.88 Å². The van der Waals surface area contributed by atoms with Crippen molar-refractivity contribution in [1.29, 1.82) is 0 Å². The van der Waals surface area contributed by atoms with Crippen molar-refractivity contribution in [2.45, 2.75) is 5.88 Å². The first kappa shape index (κ1) is 11.6. The Balaban J connectivity index is 2.35. The highest BCUT2D eigenvalue weighted by molar-refractivity contribution is 6.16. The third kappa shape index (κ3) is 2.45. The molecule has 6 heteroatoms. The van der Waals surface area contributed by atoms with Gasteiger partial charge in [-0.2, -0.15) is 0 Å². The van der Waals surface area contributed by atoms with E-state index in [1.54, 1.807) is 19.2 Å². The van der Waals surface area contributed by atoms with Gasteiger partial charge in [0.05, 0.1) is 12.2 Å². The molecule has 88 valence electrons. The molecule has 1 aromatic heterocycles. The van der Waals surface area contributed by atoms with Crippen LogP contribution >= 0.6 is 11.6 Å². The summed E-state index contributed by atoms with van der Waals surface area (Å²) in [6.07, 6.45) is 1.35. The molecule has 0 N–H and O–H groups in total. The fraction of sp³-hybridized carbons (Fsp3) is 0.182. The maximum absolute atomic E-state index is 11.5. The first-order valence-corrected chi connectivity index (χ1v) is 5.44. The second-order valence-corrected chi connectivity index (χ2v) is 3.59. The van der Waals surface area contributed by atoms with Gasteiger partial charge in [0, 0.05) is 5.56 Å². The molecule has 17 heavy (non-hydrogen) atoms. The van der Waals surface area contributed by atoms with Crippen molar-refractivity contribution in [3.8, 4) is 17.0 Å². The van der Waals surface area contributed by atoms with E-state index in [2.05, 4.69) is 10.2 Å². The van der Waals surface area contributed by atoms with Gasteiger partial charge in [0.15, 0.2) is 5.69 Å². The lowest BCUT2D eigenvalue weighted by Gasteiger charge is -2.05. The summed E-state index contributed by atoms with van der Waals surface area (Å²) < 4.78 is 5.67. The predicted octanol–water partition coefficient (Wildman–Crippen LogP) is 1.52. The first-order chi connectivity index (χ1) is 8.24. The molecule has 0 amide bonds. The Morgan fingerprint density at radius 3 is 2.53 bits per heavy atom. The van der Waals surface area contributed by atoms with Gasteiger partial charge in [-0.15, -0.1) is 11.6 Å². The molecule has 0 saturated carbocycles. The number of hydrogen-bond donors (Lipinski definition) is 0. The van der Waals surface area contributed by atoms with Gasteiger partial charge < -0.3 is 9.94 Å². The van der Waals surface area contributed by atoms with E-state index in [1.807, 2.05) is 12.1 Å². The molecule has 2 aromatic rings. The van der Waals surface area contributed by atoms with Crippen LogP contribution in [0.25, 0.3) is 11.3 Å². The van der Waals surface area contributed by atoms with Crippen molar-refractivity contribution < 1.29 is 9.47 Å². The Hall–Kier alpha value is -1.88. The van der Waals surface area contributed by atoms with Crippen molar-refractivity contribution in [3.05, 3.63) is 41.5 Å². The lowest BCUT2D eigenvalue weighted by atomic mass is 10.1. The molecule has 0 saturated heterocycles. The van der Waals surface area contributed by atoms with Crippen LogP contribution < -0.4 is 9.47 Å². The summed E-state index contributed by atoms with van der Waals surface area (Å²) in [6, 6.07) is 7.20. The lowest BCUT2D eigenvalue weighted by Crippen LogP contribution is -2.33. The molecule has 2 rings (SSSR count). The van der Waals surface area contributed by atoms with E-state index in [0.29, 0.717) is 10.4 Å². The molecular weight excluding hydrogens is 242 g/mol. The molecule has 5 nitrogen and oxygen atoms in total. The van der Waals surface area contributed by atoms with Gasteiger partial charge in [-0.1, -0.05) is 0 Å². The summed E-state index contributed by atoms with van der Waals surface area (Å²) in [5.74, 6) is 0.970. The van der Waals surface area contributed by atoms with Crippen LogP contribution in [0.4, 0.5) is 0 Å². The maximum Gasteiger partial charge on any atom is 0.344 e. The molecule has 0 aliphatic heterocycles. The lowest BCUT2D eigenvalue weighted by molar-refractivity contribution is -0.616. The van der Waals surface area contributed by atoms with Gasteiger partial charge >= 0.3 is 5.82 Å². The highest BCUT2D eigenvalue weighted by Gasteiger charge is 2.10. The summed E-state index contributed by atoms with van der Waals surface area (Å²) in [5.41, 5.74) is 1.29. The minimum Gasteiger partial charge on any atom is -0.711 e. The van der Waals surface area contributed by atoms with Gasteiger partial charge in [-0.25, -0.2) is 4.73 Å². The molecule has 1 heterocycles. The van der Waals surface area contributed by atoms with Crippen molar-refractivity contribution in [2.24, 2.45) is 0 Å². The molecule has 0 aliphatic carbocycles. The molecule has 0 bridgehead atoms. The van der Waals surface area contributed by atoms with Crippen LogP contribution in [0.5, 0.6) is 5.75 Å². The predicted molar refractivity (Wildman–Crippen MR) is 62.5 cm³/mol. The van der Waals surface area contributed by atoms with E-state index in [0.717, 1.165) is 11.3 Å². The van der Waals surface area contributed by atoms with Crippen LogP contribution in [0.15, 0.2) is 30.5 Å². The van der Waals surface area contributed by atoms with Crippen LogP contribution in [0.1, 0.15) is 5.82 Å². The summed E-state index contributed by atoms with van der Waals surface area (Å²) in [5, 5.41) is 19.2. The third-order valence-electron chi connectivity index (χ3n) is 2.27. The monoisotopic (exact) mass is 251 g/mol. The zero-order valence-corrected chi connectivity index (χ0v) is 9.89.